The zero-order valence-electron chi connectivity index (χ0n) is 6.26. The summed E-state index contributed by atoms with van der Waals surface area (Å²) < 4.78 is 5.14. The topological polar surface area (TPSA) is 33.0 Å². The molecule has 2 nitrogen and oxygen atoms in total. The zero-order valence-corrected chi connectivity index (χ0v) is 7.07. The van der Waals surface area contributed by atoms with Crippen LogP contribution in [-0.4, -0.2) is 23.7 Å². The fourth-order valence-corrected chi connectivity index (χ4v) is 2.37. The van der Waals surface area contributed by atoms with Gasteiger partial charge in [0.1, 0.15) is 0 Å². The number of hydrogen-bond donors (Lipinski definition) is 0. The summed E-state index contributed by atoms with van der Waals surface area (Å²) in [4.78, 5) is 0. The van der Waals surface area contributed by atoms with E-state index in [1.165, 1.54) is 0 Å². The molecule has 0 radical (unpaired) electrons. The Balaban J connectivity index is 2.62. The van der Waals surface area contributed by atoms with E-state index in [4.69, 9.17) is 10.00 Å². The lowest BCUT2D eigenvalue weighted by molar-refractivity contribution is 0.0588. The summed E-state index contributed by atoms with van der Waals surface area (Å²) in [7, 11) is 1.61. The normalized spacial score (nSPS) is 39.5. The van der Waals surface area contributed by atoms with Crippen LogP contribution >= 0.6 is 11.8 Å². The molecule has 0 aromatic heterocycles. The van der Waals surface area contributed by atoms with E-state index in [-0.39, 0.29) is 0 Å². The van der Waals surface area contributed by atoms with Gasteiger partial charge in [-0.3, -0.25) is 0 Å². The maximum absolute atomic E-state index is 8.75. The van der Waals surface area contributed by atoms with Crippen LogP contribution in [0.1, 0.15) is 13.3 Å². The fourth-order valence-electron chi connectivity index (χ4n) is 1.12. The molecular weight excluding hydrogens is 146 g/mol. The number of rotatable bonds is 1. The average molecular weight is 157 g/mol. The monoisotopic (exact) mass is 157 g/mol. The fraction of sp³-hybridized carbons (Fsp3) is 0.857. The van der Waals surface area contributed by atoms with Crippen LogP contribution in [-0.2, 0) is 4.74 Å². The van der Waals surface area contributed by atoms with Crippen molar-refractivity contribution in [1.82, 2.24) is 0 Å². The maximum Gasteiger partial charge on any atom is 0.163 e. The van der Waals surface area contributed by atoms with Crippen molar-refractivity contribution >= 4 is 11.8 Å². The summed E-state index contributed by atoms with van der Waals surface area (Å²) in [6.07, 6.45) is 0.866. The Bertz CT molecular complexity index is 165. The molecule has 10 heavy (non-hydrogen) atoms. The van der Waals surface area contributed by atoms with E-state index in [1.54, 1.807) is 18.9 Å². The van der Waals surface area contributed by atoms with Gasteiger partial charge in [0.2, 0.25) is 0 Å². The zero-order chi connectivity index (χ0) is 7.61. The smallest absolute Gasteiger partial charge is 0.163 e. The molecule has 2 atom stereocenters. The third-order valence-corrected chi connectivity index (χ3v) is 3.18. The number of nitrogens with zero attached hydrogens (tertiary/aromatic N) is 1. The van der Waals surface area contributed by atoms with Crippen molar-refractivity contribution in [2.24, 2.45) is 0 Å². The molecule has 1 aliphatic rings. The predicted octanol–water partition coefficient (Wildman–Crippen LogP) is 1.42. The molecule has 3 heteroatoms. The van der Waals surface area contributed by atoms with Gasteiger partial charge in [-0.1, -0.05) is 6.92 Å². The van der Waals surface area contributed by atoms with E-state index in [0.29, 0.717) is 5.25 Å². The van der Waals surface area contributed by atoms with Gasteiger partial charge in [-0.2, -0.15) is 17.0 Å². The first-order valence-electron chi connectivity index (χ1n) is 3.30. The van der Waals surface area contributed by atoms with Crippen LogP contribution in [0.5, 0.6) is 0 Å². The molecule has 1 fully saturated rings. The van der Waals surface area contributed by atoms with E-state index >= 15 is 0 Å². The van der Waals surface area contributed by atoms with Crippen LogP contribution in [0.3, 0.4) is 0 Å². The van der Waals surface area contributed by atoms with Crippen LogP contribution in [0, 0.1) is 11.3 Å². The average Bonchev–Trinajstić information content (AvgIpc) is 2.33. The Kier molecular flexibility index (Phi) is 2.22. The predicted molar refractivity (Wildman–Crippen MR) is 41.9 cm³/mol. The quantitative estimate of drug-likeness (QED) is 0.577. The summed E-state index contributed by atoms with van der Waals surface area (Å²) in [6, 6.07) is 2.21. The van der Waals surface area contributed by atoms with Crippen molar-refractivity contribution in [3.63, 3.8) is 0 Å². The molecule has 0 saturated carbocycles. The first kappa shape index (κ1) is 7.90. The van der Waals surface area contributed by atoms with Crippen molar-refractivity contribution in [3.05, 3.63) is 0 Å². The molecule has 2 unspecified atom stereocenters. The molecule has 0 bridgehead atoms. The second-order valence-corrected chi connectivity index (χ2v) is 4.06. The first-order valence-corrected chi connectivity index (χ1v) is 4.35. The second-order valence-electron chi connectivity index (χ2n) is 2.64. The number of methoxy groups -OCH3 is 1. The maximum atomic E-state index is 8.75. The van der Waals surface area contributed by atoms with E-state index in [9.17, 15) is 0 Å². The Hall–Kier alpha value is -0.200. The summed E-state index contributed by atoms with van der Waals surface area (Å²) in [5.41, 5.74) is -0.482. The second kappa shape index (κ2) is 2.81. The number of hydrogen-bond acceptors (Lipinski definition) is 3. The van der Waals surface area contributed by atoms with Crippen molar-refractivity contribution < 1.29 is 4.74 Å². The Labute approximate surface area is 65.6 Å². The van der Waals surface area contributed by atoms with E-state index < -0.39 is 5.60 Å². The van der Waals surface area contributed by atoms with Gasteiger partial charge in [0.15, 0.2) is 5.60 Å². The van der Waals surface area contributed by atoms with Gasteiger partial charge in [0.25, 0.3) is 0 Å². The standard InChI is InChI=1S/C7H11NOS/c1-6-3-7(4-8,9-2)5-10-6/h6H,3,5H2,1-2H3. The van der Waals surface area contributed by atoms with Gasteiger partial charge >= 0.3 is 0 Å². The van der Waals surface area contributed by atoms with Gasteiger partial charge in [-0.15, -0.1) is 0 Å². The van der Waals surface area contributed by atoms with Crippen LogP contribution in [0.25, 0.3) is 0 Å². The SMILES string of the molecule is COC1(C#N)CSC(C)C1. The molecule has 0 aromatic carbocycles. The van der Waals surface area contributed by atoms with Crippen molar-refractivity contribution in [1.29, 1.82) is 5.26 Å². The van der Waals surface area contributed by atoms with E-state index in [0.717, 1.165) is 12.2 Å². The minimum atomic E-state index is -0.482. The van der Waals surface area contributed by atoms with Crippen LogP contribution < -0.4 is 0 Å². The molecule has 0 aromatic rings. The number of ether oxygens (including phenoxy) is 1. The molecular formula is C7H11NOS. The van der Waals surface area contributed by atoms with E-state index in [2.05, 4.69) is 13.0 Å². The Morgan fingerprint density at radius 2 is 2.50 bits per heavy atom. The number of thioether (sulfide) groups is 1. The molecule has 1 saturated heterocycles. The molecule has 0 aliphatic carbocycles. The van der Waals surface area contributed by atoms with Gasteiger partial charge in [-0.25, -0.2) is 0 Å². The van der Waals surface area contributed by atoms with Gasteiger partial charge < -0.3 is 4.74 Å². The molecule has 0 amide bonds. The summed E-state index contributed by atoms with van der Waals surface area (Å²) in [5.74, 6) is 0.821. The number of nitriles is 1. The Morgan fingerprint density at radius 1 is 1.80 bits per heavy atom. The van der Waals surface area contributed by atoms with Crippen molar-refractivity contribution in [2.75, 3.05) is 12.9 Å². The highest BCUT2D eigenvalue weighted by Crippen LogP contribution is 2.35. The lowest BCUT2D eigenvalue weighted by atomic mass is 10.0. The van der Waals surface area contributed by atoms with Gasteiger partial charge in [0.05, 0.1) is 6.07 Å². The highest BCUT2D eigenvalue weighted by atomic mass is 32.2. The van der Waals surface area contributed by atoms with Gasteiger partial charge in [0, 0.05) is 24.5 Å². The van der Waals surface area contributed by atoms with Crippen LogP contribution in [0.2, 0.25) is 0 Å². The minimum Gasteiger partial charge on any atom is -0.362 e. The third-order valence-electron chi connectivity index (χ3n) is 1.81. The largest absolute Gasteiger partial charge is 0.362 e. The molecule has 56 valence electrons. The molecule has 1 rings (SSSR count). The molecule has 0 spiro atoms. The minimum absolute atomic E-state index is 0.482. The third kappa shape index (κ3) is 1.28. The highest BCUT2D eigenvalue weighted by molar-refractivity contribution is 8.00. The van der Waals surface area contributed by atoms with Crippen molar-refractivity contribution in [3.8, 4) is 6.07 Å². The van der Waals surface area contributed by atoms with E-state index in [1.807, 2.05) is 0 Å². The molecule has 1 heterocycles. The highest BCUT2D eigenvalue weighted by Gasteiger charge is 2.38. The van der Waals surface area contributed by atoms with Crippen LogP contribution in [0.15, 0.2) is 0 Å². The van der Waals surface area contributed by atoms with Gasteiger partial charge in [-0.05, 0) is 0 Å². The van der Waals surface area contributed by atoms with Crippen molar-refractivity contribution in [2.45, 2.75) is 24.2 Å². The Morgan fingerprint density at radius 3 is 2.70 bits per heavy atom. The molecule has 0 N–H and O–H groups in total. The summed E-state index contributed by atoms with van der Waals surface area (Å²) in [6.45, 7) is 2.13. The first-order chi connectivity index (χ1) is 4.72. The van der Waals surface area contributed by atoms with Crippen LogP contribution in [0.4, 0.5) is 0 Å². The molecule has 1 aliphatic heterocycles. The summed E-state index contributed by atoms with van der Waals surface area (Å²) >= 11 is 1.81. The lowest BCUT2D eigenvalue weighted by Crippen LogP contribution is -2.29. The lowest BCUT2D eigenvalue weighted by Gasteiger charge is -2.16. The summed E-state index contributed by atoms with van der Waals surface area (Å²) in [5, 5.41) is 9.32.